The van der Waals surface area contributed by atoms with E-state index in [9.17, 15) is 23.6 Å². The molecule has 10 heteroatoms. The number of halogens is 2. The molecule has 0 spiro atoms. The van der Waals surface area contributed by atoms with Crippen molar-refractivity contribution < 1.29 is 27.5 Å². The largest absolute Gasteiger partial charge is 0.497 e. The first-order valence-electron chi connectivity index (χ1n) is 17.2. The van der Waals surface area contributed by atoms with Gasteiger partial charge in [-0.1, -0.05) is 12.8 Å². The van der Waals surface area contributed by atoms with Crippen LogP contribution in [0.1, 0.15) is 74.2 Å². The molecule has 0 unspecified atom stereocenters. The topological polar surface area (TPSA) is 84.6 Å². The van der Waals surface area contributed by atoms with Gasteiger partial charge in [0.15, 0.2) is 0 Å². The van der Waals surface area contributed by atoms with Crippen LogP contribution in [0.15, 0.2) is 65.6 Å². The van der Waals surface area contributed by atoms with Crippen molar-refractivity contribution in [1.29, 1.82) is 5.26 Å². The van der Waals surface area contributed by atoms with Gasteiger partial charge in [-0.15, -0.1) is 0 Å². The predicted molar refractivity (Wildman–Crippen MR) is 188 cm³/mol. The Labute approximate surface area is 286 Å². The third-order valence-electron chi connectivity index (χ3n) is 9.47. The minimum atomic E-state index is -0.839. The molecule has 49 heavy (non-hydrogen) atoms. The number of ether oxygens (including phenoxy) is 2. The number of fused-ring (bicyclic) bond motifs is 1. The van der Waals surface area contributed by atoms with Gasteiger partial charge in [-0.3, -0.25) is 9.59 Å². The molecule has 0 bridgehead atoms. The van der Waals surface area contributed by atoms with Crippen LogP contribution in [0.3, 0.4) is 0 Å². The highest BCUT2D eigenvalue weighted by Crippen LogP contribution is 2.28. The number of pyridine rings is 1. The number of quaternary nitrogens is 1. The third kappa shape index (κ3) is 8.65. The Hall–Kier alpha value is -4.75. The summed E-state index contributed by atoms with van der Waals surface area (Å²) in [5.74, 6) is -1.42. The predicted octanol–water partition coefficient (Wildman–Crippen LogP) is 7.78. The van der Waals surface area contributed by atoms with Crippen LogP contribution in [0.4, 0.5) is 14.5 Å². The number of nitrogens with zero attached hydrogens (tertiary/aromatic N) is 4. The normalized spacial score (nSPS) is 14.0. The average molecular weight is 672 g/mol. The van der Waals surface area contributed by atoms with Crippen LogP contribution in [0, 0.1) is 23.0 Å². The lowest BCUT2D eigenvalue weighted by molar-refractivity contribution is -0.914. The second-order valence-electron chi connectivity index (χ2n) is 13.1. The summed E-state index contributed by atoms with van der Waals surface area (Å²) in [6.45, 7) is 6.09. The Morgan fingerprint density at radius 1 is 0.939 bits per heavy atom. The number of unbranched alkanes of at least 4 members (excludes halogenated alkanes) is 4. The van der Waals surface area contributed by atoms with E-state index in [2.05, 4.69) is 13.1 Å². The van der Waals surface area contributed by atoms with E-state index in [0.717, 1.165) is 42.4 Å². The van der Waals surface area contributed by atoms with Crippen molar-refractivity contribution in [2.75, 3.05) is 51.8 Å². The van der Waals surface area contributed by atoms with Crippen molar-refractivity contribution >= 4 is 22.5 Å². The molecular weight excluding hydrogens is 626 g/mol. The van der Waals surface area contributed by atoms with Crippen LogP contribution in [0.25, 0.3) is 16.6 Å². The first kappa shape index (κ1) is 35.6. The van der Waals surface area contributed by atoms with Crippen molar-refractivity contribution in [2.24, 2.45) is 0 Å². The molecule has 0 N–H and O–H groups in total. The Balaban J connectivity index is 1.39. The van der Waals surface area contributed by atoms with Gasteiger partial charge in [0.2, 0.25) is 5.43 Å². The van der Waals surface area contributed by atoms with Crippen molar-refractivity contribution in [2.45, 2.75) is 58.3 Å². The summed E-state index contributed by atoms with van der Waals surface area (Å²) in [6, 6.07) is 14.9. The zero-order valence-corrected chi connectivity index (χ0v) is 28.6. The lowest BCUT2D eigenvalue weighted by Crippen LogP contribution is -2.48. The number of hydrogen-bond acceptors (Lipinski definition) is 5. The van der Waals surface area contributed by atoms with Gasteiger partial charge in [0.1, 0.15) is 28.7 Å². The molecule has 2 heterocycles. The van der Waals surface area contributed by atoms with Crippen molar-refractivity contribution in [3.05, 3.63) is 93.8 Å². The molecule has 8 nitrogen and oxygen atoms in total. The minimum Gasteiger partial charge on any atom is -0.497 e. The molecule has 1 amide bonds. The molecule has 3 aromatic carbocycles. The highest BCUT2D eigenvalue weighted by atomic mass is 19.1. The standard InChI is InChI=1S/C39H45F2N4O4/c1-4-43(32-22-29(40)21-30(41)23-32)39(47)36-27-44(31-19-28(26-42)20-34(24-31)48-3)37-25-33(13-14-35(37)38(36)46)49-18-12-7-5-6-9-15-45(2)16-10-8-11-17-45/h13-14,19-25,27H,4-12,15-18H2,1-3H3/q+1. The SMILES string of the molecule is CCN(C(=O)c1cn(-c2cc(C#N)cc(OC)c2)c2cc(OCCCCCCC[N+]3(C)CCCCC3)ccc2c1=O)c1cc(F)cc(F)c1. The van der Waals surface area contributed by atoms with E-state index < -0.39 is 23.0 Å². The Kier molecular flexibility index (Phi) is 11.7. The summed E-state index contributed by atoms with van der Waals surface area (Å²) in [6.07, 6.45) is 11.0. The first-order valence-corrected chi connectivity index (χ1v) is 17.2. The third-order valence-corrected chi connectivity index (χ3v) is 9.47. The van der Waals surface area contributed by atoms with Gasteiger partial charge in [0.05, 0.1) is 63.2 Å². The van der Waals surface area contributed by atoms with Gasteiger partial charge in [0, 0.05) is 42.0 Å². The summed E-state index contributed by atoms with van der Waals surface area (Å²) < 4.78 is 42.6. The average Bonchev–Trinajstić information content (AvgIpc) is 3.09. The molecule has 0 radical (unpaired) electrons. The number of anilines is 1. The fourth-order valence-corrected chi connectivity index (χ4v) is 6.76. The summed E-state index contributed by atoms with van der Waals surface area (Å²) >= 11 is 0. The molecule has 4 aromatic rings. The van der Waals surface area contributed by atoms with Crippen molar-refractivity contribution in [3.63, 3.8) is 0 Å². The molecule has 0 saturated carbocycles. The van der Waals surface area contributed by atoms with Gasteiger partial charge in [-0.25, -0.2) is 8.78 Å². The molecule has 5 rings (SSSR count). The first-order chi connectivity index (χ1) is 23.6. The molecule has 1 saturated heterocycles. The van der Waals surface area contributed by atoms with E-state index in [1.807, 2.05) is 0 Å². The number of nitriles is 1. The molecule has 0 aliphatic carbocycles. The van der Waals surface area contributed by atoms with Crippen LogP contribution in [-0.2, 0) is 0 Å². The van der Waals surface area contributed by atoms with Crippen LogP contribution in [0.2, 0.25) is 0 Å². The number of carbonyl (C=O) groups excluding carboxylic acids is 1. The van der Waals surface area contributed by atoms with Gasteiger partial charge in [0.25, 0.3) is 5.91 Å². The fraction of sp³-hybridized carbons (Fsp3) is 0.410. The summed E-state index contributed by atoms with van der Waals surface area (Å²) in [4.78, 5) is 28.9. The van der Waals surface area contributed by atoms with Gasteiger partial charge < -0.3 is 23.4 Å². The minimum absolute atomic E-state index is 0.00869. The molecule has 1 fully saturated rings. The van der Waals surface area contributed by atoms with Gasteiger partial charge >= 0.3 is 0 Å². The number of aromatic nitrogens is 1. The molecule has 258 valence electrons. The maximum absolute atomic E-state index is 14.1. The lowest BCUT2D eigenvalue weighted by Gasteiger charge is -2.37. The quantitative estimate of drug-likeness (QED) is 0.101. The molecule has 1 aliphatic heterocycles. The highest BCUT2D eigenvalue weighted by molar-refractivity contribution is 6.07. The molecule has 1 aromatic heterocycles. The van der Waals surface area contributed by atoms with E-state index in [1.54, 1.807) is 47.9 Å². The van der Waals surface area contributed by atoms with Crippen LogP contribution in [-0.4, -0.2) is 61.9 Å². The van der Waals surface area contributed by atoms with Gasteiger partial charge in [-0.2, -0.15) is 5.26 Å². The number of piperidine rings is 1. The number of methoxy groups -OCH3 is 1. The Morgan fingerprint density at radius 2 is 1.65 bits per heavy atom. The van der Waals surface area contributed by atoms with E-state index >= 15 is 0 Å². The number of benzene rings is 3. The van der Waals surface area contributed by atoms with E-state index in [1.165, 1.54) is 69.5 Å². The lowest BCUT2D eigenvalue weighted by atomic mass is 10.1. The van der Waals surface area contributed by atoms with Crippen LogP contribution in [0.5, 0.6) is 11.5 Å². The van der Waals surface area contributed by atoms with Crippen molar-refractivity contribution in [3.8, 4) is 23.3 Å². The molecular formula is C39H45F2N4O4+. The fourth-order valence-electron chi connectivity index (χ4n) is 6.76. The summed E-state index contributed by atoms with van der Waals surface area (Å²) in [5, 5.41) is 9.94. The van der Waals surface area contributed by atoms with Crippen LogP contribution >= 0.6 is 0 Å². The smallest absolute Gasteiger partial charge is 0.263 e. The molecule has 0 atom stereocenters. The second-order valence-corrected chi connectivity index (χ2v) is 13.1. The Bertz CT molecular complexity index is 1870. The van der Waals surface area contributed by atoms with Crippen LogP contribution < -0.4 is 19.8 Å². The zero-order valence-electron chi connectivity index (χ0n) is 28.6. The number of likely N-dealkylation sites (tertiary alicyclic amines) is 1. The highest BCUT2D eigenvalue weighted by Gasteiger charge is 2.25. The van der Waals surface area contributed by atoms with Crippen molar-refractivity contribution in [1.82, 2.24) is 4.57 Å². The number of carbonyl (C=O) groups is 1. The number of amides is 1. The monoisotopic (exact) mass is 671 g/mol. The van der Waals surface area contributed by atoms with E-state index in [4.69, 9.17) is 9.47 Å². The number of rotatable bonds is 14. The van der Waals surface area contributed by atoms with E-state index in [-0.39, 0.29) is 23.2 Å². The zero-order chi connectivity index (χ0) is 35.0. The number of hydrogen-bond donors (Lipinski definition) is 0. The second kappa shape index (κ2) is 16.1. The molecule has 1 aliphatic rings. The van der Waals surface area contributed by atoms with Gasteiger partial charge in [-0.05, 0) is 81.8 Å². The maximum atomic E-state index is 14.1. The Morgan fingerprint density at radius 3 is 2.35 bits per heavy atom. The van der Waals surface area contributed by atoms with E-state index in [0.29, 0.717) is 34.9 Å². The summed E-state index contributed by atoms with van der Waals surface area (Å²) in [5.41, 5.74) is 0.509. The maximum Gasteiger partial charge on any atom is 0.263 e. The summed E-state index contributed by atoms with van der Waals surface area (Å²) in [7, 11) is 3.87.